The number of halogens is 1. The molecule has 0 amide bonds. The summed E-state index contributed by atoms with van der Waals surface area (Å²) in [5, 5.41) is 21.2. The van der Waals surface area contributed by atoms with E-state index < -0.39 is 4.92 Å². The van der Waals surface area contributed by atoms with Gasteiger partial charge in [0.2, 0.25) is 0 Å². The van der Waals surface area contributed by atoms with Crippen molar-refractivity contribution in [3.05, 3.63) is 128 Å². The summed E-state index contributed by atoms with van der Waals surface area (Å²) in [5.41, 5.74) is 3.33. The Bertz CT molecular complexity index is 1510. The van der Waals surface area contributed by atoms with E-state index in [9.17, 15) is 15.4 Å². The number of benzene rings is 4. The summed E-state index contributed by atoms with van der Waals surface area (Å²) >= 11 is 6.24. The fourth-order valence-electron chi connectivity index (χ4n) is 3.79. The number of hydrogen-bond acceptors (Lipinski definition) is 6. The molecule has 4 aromatic rings. The van der Waals surface area contributed by atoms with Crippen LogP contribution in [0.15, 0.2) is 91.0 Å². The summed E-state index contributed by atoms with van der Waals surface area (Å²) < 4.78 is 17.9. The quantitative estimate of drug-likeness (QED) is 0.0831. The molecule has 39 heavy (non-hydrogen) atoms. The molecule has 0 bridgehead atoms. The Morgan fingerprint density at radius 3 is 2.26 bits per heavy atom. The SMILES string of the molecule is CCOc1cc(COc2ccc(Cl)cc2/C=C(\C#N)c2ccc([N+](=O)[O-])cc2)ccc1OCc1ccccc1. The number of nitrogens with zero attached hydrogens (tertiary/aromatic N) is 2. The standard InChI is InChI=1S/C31H25ClN2O5/c1-2-37-31-16-23(8-14-30(31)39-20-22-6-4-3-5-7-22)21-38-29-15-11-27(32)18-25(29)17-26(19-33)24-9-12-28(13-10-24)34(35)36/h3-18H,2,20-21H2,1H3/b26-17+. The number of nitro benzene ring substituents is 1. The second-order valence-electron chi connectivity index (χ2n) is 8.43. The molecule has 4 rings (SSSR count). The third kappa shape index (κ3) is 7.37. The fraction of sp³-hybridized carbons (Fsp3) is 0.129. The summed E-state index contributed by atoms with van der Waals surface area (Å²) in [6, 6.07) is 28.6. The Morgan fingerprint density at radius 1 is 0.872 bits per heavy atom. The van der Waals surface area contributed by atoms with Crippen LogP contribution < -0.4 is 14.2 Å². The van der Waals surface area contributed by atoms with E-state index in [1.165, 1.54) is 24.3 Å². The molecule has 0 N–H and O–H groups in total. The van der Waals surface area contributed by atoms with Gasteiger partial charge < -0.3 is 14.2 Å². The lowest BCUT2D eigenvalue weighted by Crippen LogP contribution is -2.02. The highest BCUT2D eigenvalue weighted by molar-refractivity contribution is 6.30. The molecule has 4 aromatic carbocycles. The Balaban J connectivity index is 1.53. The van der Waals surface area contributed by atoms with Crippen molar-refractivity contribution in [3.63, 3.8) is 0 Å². The molecule has 0 saturated carbocycles. The average molecular weight is 541 g/mol. The molecule has 0 aromatic heterocycles. The molecule has 0 radical (unpaired) electrons. The van der Waals surface area contributed by atoms with E-state index in [-0.39, 0.29) is 12.3 Å². The minimum absolute atomic E-state index is 0.0503. The third-order valence-electron chi connectivity index (χ3n) is 5.72. The molecule has 0 aliphatic heterocycles. The molecule has 0 atom stereocenters. The van der Waals surface area contributed by atoms with Gasteiger partial charge in [0.25, 0.3) is 5.69 Å². The van der Waals surface area contributed by atoms with Gasteiger partial charge >= 0.3 is 0 Å². The molecule has 196 valence electrons. The van der Waals surface area contributed by atoms with Crippen molar-refractivity contribution in [2.45, 2.75) is 20.1 Å². The predicted octanol–water partition coefficient (Wildman–Crippen LogP) is 7.87. The lowest BCUT2D eigenvalue weighted by Gasteiger charge is -2.15. The van der Waals surface area contributed by atoms with Crippen LogP contribution in [0.25, 0.3) is 11.6 Å². The summed E-state index contributed by atoms with van der Waals surface area (Å²) in [6.07, 6.45) is 1.65. The lowest BCUT2D eigenvalue weighted by molar-refractivity contribution is -0.384. The zero-order valence-electron chi connectivity index (χ0n) is 21.2. The first-order valence-corrected chi connectivity index (χ1v) is 12.6. The van der Waals surface area contributed by atoms with Crippen LogP contribution in [0.4, 0.5) is 5.69 Å². The van der Waals surface area contributed by atoms with Gasteiger partial charge in [0.1, 0.15) is 19.0 Å². The van der Waals surface area contributed by atoms with E-state index in [2.05, 4.69) is 6.07 Å². The molecule has 0 spiro atoms. The van der Waals surface area contributed by atoms with Gasteiger partial charge in [0.15, 0.2) is 11.5 Å². The molecule has 7 nitrogen and oxygen atoms in total. The summed E-state index contributed by atoms with van der Waals surface area (Å²) in [6.45, 7) is 3.06. The number of hydrogen-bond donors (Lipinski definition) is 0. The minimum Gasteiger partial charge on any atom is -0.490 e. The topological polar surface area (TPSA) is 94.6 Å². The zero-order chi connectivity index (χ0) is 27.6. The number of allylic oxidation sites excluding steroid dienone is 1. The second-order valence-corrected chi connectivity index (χ2v) is 8.87. The molecular weight excluding hydrogens is 516 g/mol. The maximum atomic E-state index is 11.0. The molecule has 0 aliphatic rings. The van der Waals surface area contributed by atoms with Crippen molar-refractivity contribution in [1.29, 1.82) is 5.26 Å². The smallest absolute Gasteiger partial charge is 0.269 e. The van der Waals surface area contributed by atoms with Gasteiger partial charge in [0, 0.05) is 22.7 Å². The Labute approximate surface area is 231 Å². The van der Waals surface area contributed by atoms with E-state index in [0.717, 1.165) is 11.1 Å². The Morgan fingerprint density at radius 2 is 1.56 bits per heavy atom. The Hall–Kier alpha value is -4.80. The van der Waals surface area contributed by atoms with Crippen LogP contribution in [0.3, 0.4) is 0 Å². The third-order valence-corrected chi connectivity index (χ3v) is 5.96. The van der Waals surface area contributed by atoms with Gasteiger partial charge in [-0.05, 0) is 72.2 Å². The number of ether oxygens (including phenoxy) is 3. The lowest BCUT2D eigenvalue weighted by atomic mass is 10.0. The number of nitriles is 1. The normalized spacial score (nSPS) is 10.9. The van der Waals surface area contributed by atoms with E-state index in [1.54, 1.807) is 24.3 Å². The van der Waals surface area contributed by atoms with Crippen molar-refractivity contribution >= 4 is 28.9 Å². The monoisotopic (exact) mass is 540 g/mol. The van der Waals surface area contributed by atoms with Crippen LogP contribution in [0, 0.1) is 21.4 Å². The first kappa shape index (κ1) is 27.2. The highest BCUT2D eigenvalue weighted by atomic mass is 35.5. The van der Waals surface area contributed by atoms with Gasteiger partial charge in [-0.15, -0.1) is 0 Å². The van der Waals surface area contributed by atoms with Crippen LogP contribution in [0.2, 0.25) is 5.02 Å². The summed E-state index contributed by atoms with van der Waals surface area (Å²) in [4.78, 5) is 10.5. The first-order valence-electron chi connectivity index (χ1n) is 12.2. The van der Waals surface area contributed by atoms with Gasteiger partial charge in [-0.25, -0.2) is 0 Å². The van der Waals surface area contributed by atoms with E-state index in [1.807, 2.05) is 55.5 Å². The Kier molecular flexibility index (Phi) is 9.17. The second kappa shape index (κ2) is 13.1. The highest BCUT2D eigenvalue weighted by Crippen LogP contribution is 2.32. The average Bonchev–Trinajstić information content (AvgIpc) is 2.95. The predicted molar refractivity (Wildman–Crippen MR) is 151 cm³/mol. The molecule has 0 fully saturated rings. The van der Waals surface area contributed by atoms with Crippen molar-refractivity contribution in [1.82, 2.24) is 0 Å². The number of nitro groups is 1. The largest absolute Gasteiger partial charge is 0.490 e. The van der Waals surface area contributed by atoms with Crippen molar-refractivity contribution in [3.8, 4) is 23.3 Å². The fourth-order valence-corrected chi connectivity index (χ4v) is 3.97. The van der Waals surface area contributed by atoms with Gasteiger partial charge in [-0.3, -0.25) is 10.1 Å². The van der Waals surface area contributed by atoms with Crippen molar-refractivity contribution in [2.24, 2.45) is 0 Å². The van der Waals surface area contributed by atoms with Crippen LogP contribution in [-0.4, -0.2) is 11.5 Å². The highest BCUT2D eigenvalue weighted by Gasteiger charge is 2.11. The van der Waals surface area contributed by atoms with Gasteiger partial charge in [-0.1, -0.05) is 48.0 Å². The summed E-state index contributed by atoms with van der Waals surface area (Å²) in [5.74, 6) is 1.79. The summed E-state index contributed by atoms with van der Waals surface area (Å²) in [7, 11) is 0. The molecular formula is C31H25ClN2O5. The van der Waals surface area contributed by atoms with Crippen LogP contribution in [0.5, 0.6) is 17.2 Å². The van der Waals surface area contributed by atoms with E-state index in [4.69, 9.17) is 25.8 Å². The van der Waals surface area contributed by atoms with E-state index in [0.29, 0.717) is 52.2 Å². The minimum atomic E-state index is -0.485. The molecule has 0 saturated heterocycles. The van der Waals surface area contributed by atoms with Crippen molar-refractivity contribution in [2.75, 3.05) is 6.61 Å². The molecule has 0 aliphatic carbocycles. The first-order chi connectivity index (χ1) is 19.0. The van der Waals surface area contributed by atoms with Crippen LogP contribution >= 0.6 is 11.6 Å². The number of rotatable bonds is 11. The van der Waals surface area contributed by atoms with Crippen LogP contribution in [0.1, 0.15) is 29.2 Å². The van der Waals surface area contributed by atoms with Crippen molar-refractivity contribution < 1.29 is 19.1 Å². The van der Waals surface area contributed by atoms with Gasteiger partial charge in [-0.2, -0.15) is 5.26 Å². The maximum absolute atomic E-state index is 11.0. The van der Waals surface area contributed by atoms with Crippen LogP contribution in [-0.2, 0) is 13.2 Å². The molecule has 0 unspecified atom stereocenters. The molecule has 0 heterocycles. The van der Waals surface area contributed by atoms with E-state index >= 15 is 0 Å². The van der Waals surface area contributed by atoms with Gasteiger partial charge in [0.05, 0.1) is 23.2 Å². The molecule has 8 heteroatoms. The number of non-ortho nitro benzene ring substituents is 1. The maximum Gasteiger partial charge on any atom is 0.269 e. The zero-order valence-corrected chi connectivity index (χ0v) is 21.9.